The van der Waals surface area contributed by atoms with E-state index in [4.69, 9.17) is 27.9 Å². The van der Waals surface area contributed by atoms with E-state index in [1.807, 2.05) is 0 Å². The lowest BCUT2D eigenvalue weighted by molar-refractivity contribution is -0.133. The molecule has 0 heterocycles. The molecule has 1 aliphatic rings. The molecule has 114 valence electrons. The van der Waals surface area contributed by atoms with Gasteiger partial charge in [-0.05, 0) is 30.3 Å². The Morgan fingerprint density at radius 3 is 2.50 bits per heavy atom. The second-order valence-corrected chi connectivity index (χ2v) is 5.65. The van der Waals surface area contributed by atoms with E-state index in [0.29, 0.717) is 10.6 Å². The number of hydrogen-bond donors (Lipinski definition) is 1. The molecule has 0 spiro atoms. The van der Waals surface area contributed by atoms with Crippen molar-refractivity contribution in [3.05, 3.63) is 71.5 Å². The molecule has 2 rings (SSSR count). The summed E-state index contributed by atoms with van der Waals surface area (Å²) in [5, 5.41) is 8.75. The average Bonchev–Trinajstić information content (AvgIpc) is 2.46. The van der Waals surface area contributed by atoms with Gasteiger partial charge in [0.25, 0.3) is 0 Å². The van der Waals surface area contributed by atoms with Crippen molar-refractivity contribution < 1.29 is 19.4 Å². The van der Waals surface area contributed by atoms with Crippen molar-refractivity contribution in [2.45, 2.75) is 5.06 Å². The van der Waals surface area contributed by atoms with Crippen LogP contribution in [-0.2, 0) is 9.53 Å². The van der Waals surface area contributed by atoms with Gasteiger partial charge in [0, 0.05) is 22.7 Å². The number of aliphatic hydroxyl groups is 1. The van der Waals surface area contributed by atoms with Gasteiger partial charge in [-0.15, -0.1) is 0 Å². The summed E-state index contributed by atoms with van der Waals surface area (Å²) in [4.78, 5) is 23.6. The largest absolute Gasteiger partial charge is 0.424 e. The number of ether oxygens (including phenoxy) is 1. The Bertz CT molecular complexity index is 672. The van der Waals surface area contributed by atoms with Crippen molar-refractivity contribution in [1.82, 2.24) is 0 Å². The molecule has 4 nitrogen and oxygen atoms in total. The number of alkyl halides is 1. The van der Waals surface area contributed by atoms with Crippen LogP contribution in [0.2, 0.25) is 5.02 Å². The van der Waals surface area contributed by atoms with Crippen LogP contribution in [0.1, 0.15) is 10.4 Å². The third-order valence-corrected chi connectivity index (χ3v) is 3.63. The third-order valence-electron chi connectivity index (χ3n) is 3.03. The highest BCUT2D eigenvalue weighted by Crippen LogP contribution is 2.34. The number of benzene rings is 1. The number of rotatable bonds is 4. The molecule has 0 amide bonds. The van der Waals surface area contributed by atoms with Gasteiger partial charge in [0.2, 0.25) is 0 Å². The second-order valence-electron chi connectivity index (χ2n) is 4.61. The van der Waals surface area contributed by atoms with E-state index in [-0.39, 0.29) is 11.5 Å². The van der Waals surface area contributed by atoms with Gasteiger partial charge in [0.05, 0.1) is 5.92 Å². The van der Waals surface area contributed by atoms with Crippen molar-refractivity contribution in [3.8, 4) is 0 Å². The molecule has 0 saturated heterocycles. The number of hydrogen-bond acceptors (Lipinski definition) is 4. The third kappa shape index (κ3) is 3.65. The van der Waals surface area contributed by atoms with Gasteiger partial charge >= 0.3 is 5.97 Å². The van der Waals surface area contributed by atoms with Gasteiger partial charge in [0.1, 0.15) is 5.76 Å². The highest BCUT2D eigenvalue weighted by molar-refractivity contribution is 6.30. The molecule has 0 aromatic heterocycles. The fraction of sp³-hybridized carbons (Fsp3) is 0.125. The minimum atomic E-state index is -2.00. The van der Waals surface area contributed by atoms with Crippen molar-refractivity contribution in [2.24, 2.45) is 5.92 Å². The average molecular weight is 339 g/mol. The first-order valence-electron chi connectivity index (χ1n) is 6.30. The van der Waals surface area contributed by atoms with Gasteiger partial charge in [-0.25, -0.2) is 4.79 Å². The van der Waals surface area contributed by atoms with E-state index in [0.717, 1.165) is 12.2 Å². The molecular formula is C16H12Cl2O4. The maximum Gasteiger partial charge on any atom is 0.335 e. The molecule has 1 N–H and O–H groups in total. The van der Waals surface area contributed by atoms with Crippen LogP contribution in [-0.4, -0.2) is 21.9 Å². The van der Waals surface area contributed by atoms with Crippen LogP contribution in [0, 0.1) is 5.92 Å². The molecule has 0 radical (unpaired) electrons. The predicted molar refractivity (Wildman–Crippen MR) is 83.6 cm³/mol. The van der Waals surface area contributed by atoms with Crippen LogP contribution < -0.4 is 0 Å². The smallest absolute Gasteiger partial charge is 0.335 e. The summed E-state index contributed by atoms with van der Waals surface area (Å²) < 4.78 is 4.87. The fourth-order valence-corrected chi connectivity index (χ4v) is 2.36. The maximum atomic E-state index is 12.4. The van der Waals surface area contributed by atoms with E-state index < -0.39 is 16.9 Å². The van der Waals surface area contributed by atoms with E-state index in [1.165, 1.54) is 12.2 Å². The van der Waals surface area contributed by atoms with Gasteiger partial charge in [-0.1, -0.05) is 35.9 Å². The van der Waals surface area contributed by atoms with Crippen LogP contribution in [0.3, 0.4) is 0 Å². The zero-order chi connectivity index (χ0) is 16.3. The first-order valence-corrected chi connectivity index (χ1v) is 7.05. The molecule has 2 unspecified atom stereocenters. The first kappa shape index (κ1) is 16.5. The number of halogens is 2. The number of carbonyl (C=O) groups excluding carboxylic acids is 2. The minimum absolute atomic E-state index is 0.0440. The molecule has 2 atom stereocenters. The van der Waals surface area contributed by atoms with E-state index in [1.54, 1.807) is 24.3 Å². The number of Topliss-reactive ketones (excluding diaryl/α,β-unsaturated/α-hetero) is 1. The zero-order valence-electron chi connectivity index (χ0n) is 11.3. The van der Waals surface area contributed by atoms with Gasteiger partial charge in [-0.3, -0.25) is 4.79 Å². The van der Waals surface area contributed by atoms with Crippen LogP contribution in [0.5, 0.6) is 0 Å². The van der Waals surface area contributed by atoms with Crippen LogP contribution >= 0.6 is 23.2 Å². The highest BCUT2D eigenvalue weighted by Gasteiger charge is 2.39. The Morgan fingerprint density at radius 2 is 1.95 bits per heavy atom. The summed E-state index contributed by atoms with van der Waals surface area (Å²) in [6.45, 7) is 3.27. The topological polar surface area (TPSA) is 63.6 Å². The van der Waals surface area contributed by atoms with Crippen molar-refractivity contribution >= 4 is 35.0 Å². The van der Waals surface area contributed by atoms with Crippen molar-refractivity contribution in [3.63, 3.8) is 0 Å². The Kier molecular flexibility index (Phi) is 4.86. The molecule has 0 saturated carbocycles. The maximum absolute atomic E-state index is 12.4. The molecule has 1 aromatic carbocycles. The van der Waals surface area contributed by atoms with Crippen LogP contribution in [0.15, 0.2) is 60.9 Å². The Morgan fingerprint density at radius 1 is 1.32 bits per heavy atom. The zero-order valence-corrected chi connectivity index (χ0v) is 12.8. The number of allylic oxidation sites excluding steroid dienone is 1. The molecule has 22 heavy (non-hydrogen) atoms. The standard InChI is InChI=1S/C16H12Cl2O4/c1-2-14(19)22-12-7-8-13(16(18,21)9-12)15(20)10-3-5-11(17)6-4-10/h2-9,13,21H,1H2. The molecule has 1 aliphatic carbocycles. The van der Waals surface area contributed by atoms with Gasteiger partial charge in [-0.2, -0.15) is 0 Å². The number of esters is 1. The van der Waals surface area contributed by atoms with E-state index in [2.05, 4.69) is 6.58 Å². The monoisotopic (exact) mass is 338 g/mol. The highest BCUT2D eigenvalue weighted by atomic mass is 35.5. The molecule has 0 bridgehead atoms. The van der Waals surface area contributed by atoms with Crippen molar-refractivity contribution in [1.29, 1.82) is 0 Å². The SMILES string of the molecule is C=CC(=O)OC1=CC(O)(Cl)C(C(=O)c2ccc(Cl)cc2)C=C1. The molecule has 0 fully saturated rings. The Hall–Kier alpha value is -1.88. The molecule has 1 aromatic rings. The lowest BCUT2D eigenvalue weighted by Gasteiger charge is -2.27. The summed E-state index contributed by atoms with van der Waals surface area (Å²) in [6, 6.07) is 6.23. The van der Waals surface area contributed by atoms with Crippen molar-refractivity contribution in [2.75, 3.05) is 0 Å². The summed E-state index contributed by atoms with van der Waals surface area (Å²) in [6.07, 6.45) is 4.87. The Balaban J connectivity index is 2.22. The fourth-order valence-electron chi connectivity index (χ4n) is 1.95. The van der Waals surface area contributed by atoms with Crippen LogP contribution in [0.4, 0.5) is 0 Å². The molecule has 6 heteroatoms. The lowest BCUT2D eigenvalue weighted by atomic mass is 9.88. The summed E-state index contributed by atoms with van der Waals surface area (Å²) in [5.41, 5.74) is 0.359. The molecule has 0 aliphatic heterocycles. The summed E-state index contributed by atoms with van der Waals surface area (Å²) in [5.74, 6) is -2.04. The Labute approximate surface area is 137 Å². The van der Waals surface area contributed by atoms with E-state index >= 15 is 0 Å². The summed E-state index contributed by atoms with van der Waals surface area (Å²) in [7, 11) is 0. The minimum Gasteiger partial charge on any atom is -0.424 e. The lowest BCUT2D eigenvalue weighted by Crippen LogP contribution is -2.36. The predicted octanol–water partition coefficient (Wildman–Crippen LogP) is 3.25. The quantitative estimate of drug-likeness (QED) is 0.396. The number of ketones is 1. The number of carbonyl (C=O) groups is 2. The molecular weight excluding hydrogens is 327 g/mol. The van der Waals surface area contributed by atoms with Gasteiger partial charge < -0.3 is 9.84 Å². The van der Waals surface area contributed by atoms with E-state index in [9.17, 15) is 14.7 Å². The first-order chi connectivity index (χ1) is 10.3. The normalized spacial score (nSPS) is 23.6. The van der Waals surface area contributed by atoms with Crippen LogP contribution in [0.25, 0.3) is 0 Å². The summed E-state index contributed by atoms with van der Waals surface area (Å²) >= 11 is 11.8. The van der Waals surface area contributed by atoms with Gasteiger partial charge in [0.15, 0.2) is 10.8 Å². The second kappa shape index (κ2) is 6.48.